The van der Waals surface area contributed by atoms with Gasteiger partial charge in [0.25, 0.3) is 5.91 Å². The Labute approximate surface area is 160 Å². The molecule has 1 aromatic heterocycles. The predicted octanol–water partition coefficient (Wildman–Crippen LogP) is 3.06. The Hall–Kier alpha value is -2.60. The number of nitrogens with one attached hydrogen (secondary N) is 1. The van der Waals surface area contributed by atoms with Crippen LogP contribution in [0, 0.1) is 0 Å². The van der Waals surface area contributed by atoms with Crippen LogP contribution in [-0.2, 0) is 0 Å². The molecule has 6 nitrogen and oxygen atoms in total. The van der Waals surface area contributed by atoms with Crippen LogP contribution in [0.5, 0.6) is 11.6 Å². The van der Waals surface area contributed by atoms with Gasteiger partial charge in [0.05, 0.1) is 25.3 Å². The summed E-state index contributed by atoms with van der Waals surface area (Å²) in [6.45, 7) is 5.08. The van der Waals surface area contributed by atoms with Gasteiger partial charge < -0.3 is 14.8 Å². The molecule has 1 amide bonds. The maximum absolute atomic E-state index is 12.6. The van der Waals surface area contributed by atoms with Crippen LogP contribution >= 0.6 is 0 Å². The molecule has 1 saturated heterocycles. The zero-order chi connectivity index (χ0) is 19.1. The van der Waals surface area contributed by atoms with Crippen LogP contribution in [0.4, 0.5) is 0 Å². The minimum Gasteiger partial charge on any atom is -0.497 e. The Bertz CT molecular complexity index is 743. The Balaban J connectivity index is 1.69. The van der Waals surface area contributed by atoms with Gasteiger partial charge in [0.2, 0.25) is 5.88 Å². The third-order valence-electron chi connectivity index (χ3n) is 4.81. The maximum Gasteiger partial charge on any atom is 0.252 e. The fourth-order valence-corrected chi connectivity index (χ4v) is 3.40. The quantitative estimate of drug-likeness (QED) is 0.775. The van der Waals surface area contributed by atoms with Gasteiger partial charge in [0.1, 0.15) is 5.75 Å². The minimum atomic E-state index is -0.127. The third kappa shape index (κ3) is 4.98. The van der Waals surface area contributed by atoms with Gasteiger partial charge >= 0.3 is 0 Å². The molecule has 1 aromatic carbocycles. The summed E-state index contributed by atoms with van der Waals surface area (Å²) >= 11 is 0. The lowest BCUT2D eigenvalue weighted by atomic mass is 10.0. The highest BCUT2D eigenvalue weighted by Gasteiger charge is 2.24. The van der Waals surface area contributed by atoms with Crippen molar-refractivity contribution in [1.29, 1.82) is 0 Å². The molecule has 144 valence electrons. The van der Waals surface area contributed by atoms with Crippen molar-refractivity contribution in [2.75, 3.05) is 33.4 Å². The number of methoxy groups -OCH3 is 1. The molecule has 0 radical (unpaired) electrons. The van der Waals surface area contributed by atoms with E-state index in [4.69, 9.17) is 9.47 Å². The number of carbonyl (C=O) groups excluding carboxylic acids is 1. The van der Waals surface area contributed by atoms with E-state index in [2.05, 4.69) is 21.3 Å². The largest absolute Gasteiger partial charge is 0.497 e. The number of aromatic nitrogens is 1. The van der Waals surface area contributed by atoms with Crippen molar-refractivity contribution in [3.8, 4) is 11.6 Å². The smallest absolute Gasteiger partial charge is 0.252 e. The minimum absolute atomic E-state index is 0.127. The van der Waals surface area contributed by atoms with Crippen LogP contribution in [0.1, 0.15) is 41.7 Å². The van der Waals surface area contributed by atoms with Gasteiger partial charge in [-0.05, 0) is 56.6 Å². The molecule has 0 aliphatic carbocycles. The molecule has 0 saturated carbocycles. The van der Waals surface area contributed by atoms with E-state index < -0.39 is 0 Å². The molecule has 1 fully saturated rings. The Morgan fingerprint density at radius 3 is 2.74 bits per heavy atom. The average molecular weight is 369 g/mol. The molecular weight excluding hydrogens is 342 g/mol. The molecule has 2 aromatic rings. The van der Waals surface area contributed by atoms with E-state index in [0.717, 1.165) is 24.4 Å². The number of ether oxygens (including phenoxy) is 2. The first-order chi connectivity index (χ1) is 13.2. The Kier molecular flexibility index (Phi) is 6.65. The molecule has 1 aliphatic rings. The van der Waals surface area contributed by atoms with E-state index in [0.29, 0.717) is 24.6 Å². The number of nitrogens with zero attached hydrogens (tertiary/aromatic N) is 2. The number of rotatable bonds is 8. The van der Waals surface area contributed by atoms with Crippen molar-refractivity contribution in [2.24, 2.45) is 0 Å². The highest BCUT2D eigenvalue weighted by molar-refractivity contribution is 5.93. The predicted molar refractivity (Wildman–Crippen MR) is 104 cm³/mol. The number of amides is 1. The van der Waals surface area contributed by atoms with Crippen LogP contribution in [-0.4, -0.2) is 49.1 Å². The summed E-state index contributed by atoms with van der Waals surface area (Å²) < 4.78 is 10.7. The molecule has 2 heterocycles. The van der Waals surface area contributed by atoms with E-state index in [1.54, 1.807) is 25.4 Å². The Morgan fingerprint density at radius 1 is 1.26 bits per heavy atom. The fourth-order valence-electron chi connectivity index (χ4n) is 3.40. The van der Waals surface area contributed by atoms with Crippen molar-refractivity contribution in [3.63, 3.8) is 0 Å². The molecule has 0 bridgehead atoms. The van der Waals surface area contributed by atoms with E-state index in [1.807, 2.05) is 25.1 Å². The van der Waals surface area contributed by atoms with Crippen molar-refractivity contribution in [3.05, 3.63) is 53.7 Å². The second-order valence-corrected chi connectivity index (χ2v) is 6.56. The highest BCUT2D eigenvalue weighted by Crippen LogP contribution is 2.27. The number of benzene rings is 1. The third-order valence-corrected chi connectivity index (χ3v) is 4.81. The first-order valence-corrected chi connectivity index (χ1v) is 9.46. The molecule has 1 atom stereocenters. The first kappa shape index (κ1) is 19.2. The van der Waals surface area contributed by atoms with Gasteiger partial charge in [-0.15, -0.1) is 0 Å². The lowest BCUT2D eigenvalue weighted by Crippen LogP contribution is -2.36. The number of likely N-dealkylation sites (tertiary alicyclic amines) is 1. The normalized spacial score (nSPS) is 15.3. The van der Waals surface area contributed by atoms with Gasteiger partial charge in [-0.3, -0.25) is 9.69 Å². The van der Waals surface area contributed by atoms with Crippen LogP contribution in [0.25, 0.3) is 0 Å². The van der Waals surface area contributed by atoms with Crippen LogP contribution in [0.3, 0.4) is 0 Å². The molecule has 0 spiro atoms. The van der Waals surface area contributed by atoms with Gasteiger partial charge in [-0.2, -0.15) is 0 Å². The van der Waals surface area contributed by atoms with E-state index in [1.165, 1.54) is 12.8 Å². The van der Waals surface area contributed by atoms with Crippen LogP contribution < -0.4 is 14.8 Å². The maximum atomic E-state index is 12.6. The molecule has 27 heavy (non-hydrogen) atoms. The van der Waals surface area contributed by atoms with Crippen molar-refractivity contribution >= 4 is 5.91 Å². The lowest BCUT2D eigenvalue weighted by Gasteiger charge is -2.28. The molecule has 1 N–H and O–H groups in total. The van der Waals surface area contributed by atoms with Gasteiger partial charge in [0, 0.05) is 18.8 Å². The summed E-state index contributed by atoms with van der Waals surface area (Å²) in [6.07, 6.45) is 3.94. The number of hydrogen-bond donors (Lipinski definition) is 1. The molecule has 1 aliphatic heterocycles. The average Bonchev–Trinajstić information content (AvgIpc) is 3.23. The summed E-state index contributed by atoms with van der Waals surface area (Å²) in [5, 5.41) is 3.06. The van der Waals surface area contributed by atoms with Gasteiger partial charge in [-0.1, -0.05) is 12.1 Å². The molecule has 3 rings (SSSR count). The van der Waals surface area contributed by atoms with Gasteiger partial charge in [0.15, 0.2) is 0 Å². The van der Waals surface area contributed by atoms with Crippen molar-refractivity contribution in [1.82, 2.24) is 15.2 Å². The summed E-state index contributed by atoms with van der Waals surface area (Å²) in [6, 6.07) is 11.7. The zero-order valence-electron chi connectivity index (χ0n) is 16.0. The SMILES string of the molecule is CCOc1ccc(C(=O)NCC(c2cccc(OC)c2)N2CCCC2)cn1. The van der Waals surface area contributed by atoms with Gasteiger partial charge in [-0.25, -0.2) is 4.98 Å². The zero-order valence-corrected chi connectivity index (χ0v) is 16.0. The van der Waals surface area contributed by atoms with Crippen molar-refractivity contribution < 1.29 is 14.3 Å². The monoisotopic (exact) mass is 369 g/mol. The molecule has 6 heteroatoms. The Morgan fingerprint density at radius 2 is 2.07 bits per heavy atom. The topological polar surface area (TPSA) is 63.7 Å². The second-order valence-electron chi connectivity index (χ2n) is 6.56. The lowest BCUT2D eigenvalue weighted by molar-refractivity contribution is 0.0937. The van der Waals surface area contributed by atoms with E-state index >= 15 is 0 Å². The molecular formula is C21H27N3O3. The highest BCUT2D eigenvalue weighted by atomic mass is 16.5. The molecule has 1 unspecified atom stereocenters. The summed E-state index contributed by atoms with van der Waals surface area (Å²) in [7, 11) is 1.67. The number of pyridine rings is 1. The fraction of sp³-hybridized carbons (Fsp3) is 0.429. The summed E-state index contributed by atoms with van der Waals surface area (Å²) in [4.78, 5) is 19.1. The first-order valence-electron chi connectivity index (χ1n) is 9.46. The van der Waals surface area contributed by atoms with Crippen LogP contribution in [0.15, 0.2) is 42.6 Å². The summed E-state index contributed by atoms with van der Waals surface area (Å²) in [5.74, 6) is 1.23. The van der Waals surface area contributed by atoms with Crippen LogP contribution in [0.2, 0.25) is 0 Å². The van der Waals surface area contributed by atoms with E-state index in [-0.39, 0.29) is 11.9 Å². The van der Waals surface area contributed by atoms with E-state index in [9.17, 15) is 4.79 Å². The number of carbonyl (C=O) groups is 1. The summed E-state index contributed by atoms with van der Waals surface area (Å²) in [5.41, 5.74) is 1.69. The van der Waals surface area contributed by atoms with Crippen molar-refractivity contribution in [2.45, 2.75) is 25.8 Å². The second kappa shape index (κ2) is 9.37. The standard InChI is InChI=1S/C21H27N3O3/c1-3-27-20-10-9-17(14-22-20)21(25)23-15-19(24-11-4-5-12-24)16-7-6-8-18(13-16)26-2/h6-10,13-14,19H,3-5,11-12,15H2,1-2H3,(H,23,25). The number of hydrogen-bond acceptors (Lipinski definition) is 5.